The monoisotopic (exact) mass is 334 g/mol. The Hall–Kier alpha value is -2.13. The number of aliphatic hydroxyl groups is 1. The van der Waals surface area contributed by atoms with Crippen molar-refractivity contribution in [2.24, 2.45) is 5.92 Å². The van der Waals surface area contributed by atoms with Crippen LogP contribution in [0.5, 0.6) is 0 Å². The van der Waals surface area contributed by atoms with Crippen molar-refractivity contribution in [1.82, 2.24) is 15.2 Å². The van der Waals surface area contributed by atoms with E-state index in [1.54, 1.807) is 11.7 Å². The van der Waals surface area contributed by atoms with E-state index < -0.39 is 17.7 Å². The Morgan fingerprint density at radius 1 is 1.32 bits per heavy atom. The maximum absolute atomic E-state index is 12.5. The van der Waals surface area contributed by atoms with Gasteiger partial charge in [0.15, 0.2) is 11.5 Å². The number of amides is 1. The van der Waals surface area contributed by atoms with Crippen LogP contribution in [0.1, 0.15) is 23.8 Å². The predicted molar refractivity (Wildman–Crippen MR) is 79.6 cm³/mol. The first-order chi connectivity index (χ1) is 10.7. The zero-order valence-electron chi connectivity index (χ0n) is 11.2. The van der Waals surface area contributed by atoms with Gasteiger partial charge in [-0.25, -0.2) is 0 Å². The maximum Gasteiger partial charge on any atom is 0.296 e. The maximum atomic E-state index is 12.5. The van der Waals surface area contributed by atoms with Gasteiger partial charge in [-0.3, -0.25) is 19.5 Å². The molecule has 22 heavy (non-hydrogen) atoms. The summed E-state index contributed by atoms with van der Waals surface area (Å²) in [5.41, 5.74) is 3.29. The second kappa shape index (κ2) is 4.96. The lowest BCUT2D eigenvalue weighted by Gasteiger charge is -2.22. The first kappa shape index (κ1) is 13.5. The molecule has 1 unspecified atom stereocenters. The van der Waals surface area contributed by atoms with Crippen LogP contribution in [0.2, 0.25) is 0 Å². The lowest BCUT2D eigenvalue weighted by atomic mass is 9.99. The molecule has 1 aliphatic carbocycles. The zero-order valence-corrected chi connectivity index (χ0v) is 12.8. The fourth-order valence-electron chi connectivity index (χ4n) is 2.52. The van der Waals surface area contributed by atoms with Crippen LogP contribution in [-0.4, -0.2) is 32.0 Å². The summed E-state index contributed by atoms with van der Waals surface area (Å²) in [5.74, 6) is -1.34. The molecule has 0 aromatic carbocycles. The van der Waals surface area contributed by atoms with Gasteiger partial charge < -0.3 is 5.11 Å². The van der Waals surface area contributed by atoms with Gasteiger partial charge in [0, 0.05) is 12.1 Å². The van der Waals surface area contributed by atoms with Crippen molar-refractivity contribution in [1.29, 1.82) is 0 Å². The molecule has 1 fully saturated rings. The molecular weight excluding hydrogens is 324 g/mol. The van der Waals surface area contributed by atoms with Crippen molar-refractivity contribution in [2.75, 3.05) is 4.90 Å². The summed E-state index contributed by atoms with van der Waals surface area (Å²) in [6, 6.07) is -0.666. The summed E-state index contributed by atoms with van der Waals surface area (Å²) in [4.78, 5) is 31.1. The van der Waals surface area contributed by atoms with Crippen LogP contribution in [0.15, 0.2) is 28.6 Å². The summed E-state index contributed by atoms with van der Waals surface area (Å²) in [7, 11) is 0. The van der Waals surface area contributed by atoms with E-state index in [1.165, 1.54) is 33.1 Å². The zero-order chi connectivity index (χ0) is 15.3. The molecule has 3 heterocycles. The Kier molecular flexibility index (Phi) is 3.05. The Morgan fingerprint density at radius 3 is 2.73 bits per heavy atom. The minimum Gasteiger partial charge on any atom is -0.503 e. The van der Waals surface area contributed by atoms with Gasteiger partial charge in [0.05, 0.1) is 16.0 Å². The number of Topliss-reactive ketones (excluding diaryl/α,β-unsaturated/α-hetero) is 1. The van der Waals surface area contributed by atoms with Gasteiger partial charge in [0.1, 0.15) is 11.6 Å². The van der Waals surface area contributed by atoms with Crippen LogP contribution in [0.3, 0.4) is 0 Å². The van der Waals surface area contributed by atoms with Crippen LogP contribution in [0.4, 0.5) is 5.13 Å². The van der Waals surface area contributed by atoms with Crippen molar-refractivity contribution in [3.8, 4) is 0 Å². The van der Waals surface area contributed by atoms with E-state index in [1.807, 2.05) is 0 Å². The normalized spacial score (nSPS) is 21.7. The lowest BCUT2D eigenvalue weighted by Crippen LogP contribution is -2.30. The molecule has 1 aliphatic heterocycles. The summed E-state index contributed by atoms with van der Waals surface area (Å²) in [5, 5.41) is 18.2. The van der Waals surface area contributed by atoms with Crippen molar-refractivity contribution in [3.05, 3.63) is 33.4 Å². The van der Waals surface area contributed by atoms with Crippen molar-refractivity contribution < 1.29 is 14.7 Å². The Morgan fingerprint density at radius 2 is 2.14 bits per heavy atom. The smallest absolute Gasteiger partial charge is 0.296 e. The van der Waals surface area contributed by atoms with E-state index >= 15 is 0 Å². The number of anilines is 1. The van der Waals surface area contributed by atoms with Gasteiger partial charge in [0.2, 0.25) is 5.13 Å². The first-order valence-electron chi connectivity index (χ1n) is 6.64. The number of hydrogen-bond donors (Lipinski definition) is 1. The van der Waals surface area contributed by atoms with Gasteiger partial charge in [-0.2, -0.15) is 0 Å². The molecule has 1 atom stereocenters. The molecule has 2 aromatic rings. The second-order valence-electron chi connectivity index (χ2n) is 5.10. The number of carbonyl (C=O) groups is 2. The van der Waals surface area contributed by atoms with Crippen molar-refractivity contribution in [2.45, 2.75) is 18.9 Å². The number of ketones is 1. The highest BCUT2D eigenvalue weighted by Gasteiger charge is 2.49. The minimum absolute atomic E-state index is 0.0882. The van der Waals surface area contributed by atoms with Gasteiger partial charge >= 0.3 is 0 Å². The molecule has 9 heteroatoms. The molecule has 0 spiro atoms. The van der Waals surface area contributed by atoms with Crippen LogP contribution in [-0.2, 0) is 9.59 Å². The predicted octanol–water partition coefficient (Wildman–Crippen LogP) is 1.87. The molecule has 0 saturated heterocycles. The van der Waals surface area contributed by atoms with E-state index in [2.05, 4.69) is 15.2 Å². The number of carbonyl (C=O) groups excluding carboxylic acids is 2. The number of aliphatic hydroxyl groups excluding tert-OH is 1. The number of hydrogen-bond acceptors (Lipinski definition) is 8. The van der Waals surface area contributed by atoms with Crippen LogP contribution >= 0.6 is 22.7 Å². The Labute approximate surface area is 132 Å². The highest BCUT2D eigenvalue weighted by atomic mass is 32.1. The molecule has 1 N–H and O–H groups in total. The molecule has 2 aromatic heterocycles. The molecule has 112 valence electrons. The van der Waals surface area contributed by atoms with Crippen molar-refractivity contribution in [3.63, 3.8) is 0 Å². The quantitative estimate of drug-likeness (QED) is 0.917. The van der Waals surface area contributed by atoms with E-state index in [0.717, 1.165) is 17.7 Å². The highest BCUT2D eigenvalue weighted by molar-refractivity contribution is 7.13. The third kappa shape index (κ3) is 1.97. The topological polar surface area (TPSA) is 96.3 Å². The summed E-state index contributed by atoms with van der Waals surface area (Å²) >= 11 is 2.52. The van der Waals surface area contributed by atoms with Crippen LogP contribution < -0.4 is 4.90 Å². The second-order valence-corrected chi connectivity index (χ2v) is 6.83. The Bertz CT molecular complexity index is 765. The van der Waals surface area contributed by atoms with E-state index in [-0.39, 0.29) is 17.3 Å². The average molecular weight is 334 g/mol. The molecule has 0 radical (unpaired) electrons. The molecular formula is C13H10N4O3S2. The summed E-state index contributed by atoms with van der Waals surface area (Å²) in [6.45, 7) is 0. The first-order valence-corrected chi connectivity index (χ1v) is 8.40. The number of aromatic nitrogens is 3. The average Bonchev–Trinajstić information content (AvgIpc) is 2.91. The standard InChI is InChI=1S/C13H10N4O3S2/c18-10(6-1-2-6)8-9(7-3-14-4-21-7)17(12(20)11(8)19)13-16-15-5-22-13/h3-6,9,19H,1-2H2. The van der Waals surface area contributed by atoms with Gasteiger partial charge in [-0.15, -0.1) is 21.5 Å². The number of nitrogens with zero attached hydrogens (tertiary/aromatic N) is 4. The molecule has 7 nitrogen and oxygen atoms in total. The molecule has 4 rings (SSSR count). The van der Waals surface area contributed by atoms with Gasteiger partial charge in [0.25, 0.3) is 5.91 Å². The molecule has 1 amide bonds. The molecule has 0 bridgehead atoms. The fourth-order valence-corrected chi connectivity index (χ4v) is 3.82. The summed E-state index contributed by atoms with van der Waals surface area (Å²) in [6.07, 6.45) is 3.21. The van der Waals surface area contributed by atoms with Crippen molar-refractivity contribution >= 4 is 39.5 Å². The molecule has 1 saturated carbocycles. The van der Waals surface area contributed by atoms with E-state index in [4.69, 9.17) is 0 Å². The van der Waals surface area contributed by atoms with Gasteiger partial charge in [-0.05, 0) is 12.8 Å². The van der Waals surface area contributed by atoms with E-state index in [0.29, 0.717) is 5.13 Å². The minimum atomic E-state index is -0.666. The Balaban J connectivity index is 1.84. The largest absolute Gasteiger partial charge is 0.503 e. The third-order valence-corrected chi connectivity index (χ3v) is 5.21. The van der Waals surface area contributed by atoms with Crippen LogP contribution in [0, 0.1) is 5.92 Å². The van der Waals surface area contributed by atoms with E-state index in [9.17, 15) is 14.7 Å². The lowest BCUT2D eigenvalue weighted by molar-refractivity contribution is -0.118. The number of thiazole rings is 1. The fraction of sp³-hybridized carbons (Fsp3) is 0.308. The molecule has 2 aliphatic rings. The third-order valence-electron chi connectivity index (χ3n) is 3.70. The highest BCUT2D eigenvalue weighted by Crippen LogP contribution is 2.45. The summed E-state index contributed by atoms with van der Waals surface area (Å²) < 4.78 is 0. The number of rotatable bonds is 4. The van der Waals surface area contributed by atoms with Crippen LogP contribution in [0.25, 0.3) is 0 Å². The SMILES string of the molecule is O=C(C1=C(O)C(=O)N(c2nncs2)C1c1cncs1)C1CC1. The van der Waals surface area contributed by atoms with Gasteiger partial charge in [-0.1, -0.05) is 11.3 Å².